The lowest BCUT2D eigenvalue weighted by atomic mass is 9.71. The van der Waals surface area contributed by atoms with E-state index in [1.807, 2.05) is 50.2 Å². The number of Topliss-reactive ketones (excluding diaryl/α,β-unsaturated/α-hetero) is 1. The number of hydrogen-bond acceptors (Lipinski definition) is 5. The summed E-state index contributed by atoms with van der Waals surface area (Å²) >= 11 is 0. The second kappa shape index (κ2) is 9.22. The minimum absolute atomic E-state index is 0.00550. The van der Waals surface area contributed by atoms with Gasteiger partial charge in [0.25, 0.3) is 0 Å². The van der Waals surface area contributed by atoms with Crippen LogP contribution in [-0.4, -0.2) is 32.5 Å². The Hall–Kier alpha value is -3.41. The van der Waals surface area contributed by atoms with Crippen molar-refractivity contribution in [1.82, 2.24) is 5.32 Å². The monoisotopic (exact) mass is 448 g/mol. The number of ketones is 1. The van der Waals surface area contributed by atoms with Gasteiger partial charge in [0.2, 0.25) is 0 Å². The number of allylic oxidation sites excluding steroid dienone is 3. The standard InChI is InChI=1S/C27H29FN2O3/c1-5-33-27(32)24-16(2)29-22-14-19(17-6-10-20(28)11-7-17)15-23(31)26(22)25(24)18-8-12-21(13-9-18)30(3)4/h6-13,19,25,29H,5,14-15H2,1-4H3/t19-,25+/m0/s1. The van der Waals surface area contributed by atoms with E-state index in [1.54, 1.807) is 19.1 Å². The van der Waals surface area contributed by atoms with Gasteiger partial charge in [-0.1, -0.05) is 24.3 Å². The van der Waals surface area contributed by atoms with Gasteiger partial charge >= 0.3 is 5.97 Å². The van der Waals surface area contributed by atoms with Gasteiger partial charge in [0.05, 0.1) is 12.2 Å². The lowest BCUT2D eigenvalue weighted by Crippen LogP contribution is -2.36. The van der Waals surface area contributed by atoms with Crippen LogP contribution in [0.15, 0.2) is 71.1 Å². The number of hydrogen-bond donors (Lipinski definition) is 1. The van der Waals surface area contributed by atoms with Crippen LogP contribution in [0.25, 0.3) is 0 Å². The summed E-state index contributed by atoms with van der Waals surface area (Å²) in [6.45, 7) is 3.88. The summed E-state index contributed by atoms with van der Waals surface area (Å²) in [5.41, 5.74) is 5.47. The Morgan fingerprint density at radius 2 is 1.70 bits per heavy atom. The first-order valence-electron chi connectivity index (χ1n) is 11.2. The number of carbonyl (C=O) groups is 2. The summed E-state index contributed by atoms with van der Waals surface area (Å²) in [5.74, 6) is -1.25. The third-order valence-electron chi connectivity index (χ3n) is 6.41. The Kier molecular flexibility index (Phi) is 6.36. The highest BCUT2D eigenvalue weighted by Gasteiger charge is 2.41. The van der Waals surface area contributed by atoms with Crippen molar-refractivity contribution in [2.24, 2.45) is 0 Å². The van der Waals surface area contributed by atoms with E-state index in [9.17, 15) is 14.0 Å². The second-order valence-electron chi connectivity index (χ2n) is 8.78. The minimum Gasteiger partial charge on any atom is -0.463 e. The quantitative estimate of drug-likeness (QED) is 0.665. The summed E-state index contributed by atoms with van der Waals surface area (Å²) in [6, 6.07) is 14.3. The smallest absolute Gasteiger partial charge is 0.336 e. The Bertz CT molecular complexity index is 1130. The molecule has 0 saturated heterocycles. The van der Waals surface area contributed by atoms with Crippen molar-refractivity contribution in [1.29, 1.82) is 0 Å². The fourth-order valence-corrected chi connectivity index (χ4v) is 4.79. The van der Waals surface area contributed by atoms with Gasteiger partial charge < -0.3 is 15.0 Å². The lowest BCUT2D eigenvalue weighted by molar-refractivity contribution is -0.138. The molecule has 0 radical (unpaired) electrons. The Morgan fingerprint density at radius 1 is 1.06 bits per heavy atom. The summed E-state index contributed by atoms with van der Waals surface area (Å²) in [6.07, 6.45) is 0.931. The van der Waals surface area contributed by atoms with Crippen LogP contribution in [0.2, 0.25) is 0 Å². The zero-order valence-electron chi connectivity index (χ0n) is 19.4. The summed E-state index contributed by atoms with van der Waals surface area (Å²) in [7, 11) is 3.93. The van der Waals surface area contributed by atoms with Crippen LogP contribution in [-0.2, 0) is 14.3 Å². The lowest BCUT2D eigenvalue weighted by Gasteiger charge is -2.36. The Morgan fingerprint density at radius 3 is 2.30 bits per heavy atom. The first-order valence-corrected chi connectivity index (χ1v) is 11.2. The molecule has 33 heavy (non-hydrogen) atoms. The number of carbonyl (C=O) groups excluding carboxylic acids is 2. The molecule has 0 bridgehead atoms. The maximum absolute atomic E-state index is 13.5. The molecule has 1 heterocycles. The molecule has 6 heteroatoms. The number of ether oxygens (including phenoxy) is 1. The predicted molar refractivity (Wildman–Crippen MR) is 126 cm³/mol. The van der Waals surface area contributed by atoms with Crippen molar-refractivity contribution in [3.05, 3.63) is 88.0 Å². The summed E-state index contributed by atoms with van der Waals surface area (Å²) in [5, 5.41) is 3.33. The van der Waals surface area contributed by atoms with Crippen molar-refractivity contribution < 1.29 is 18.7 Å². The van der Waals surface area contributed by atoms with E-state index in [-0.39, 0.29) is 24.1 Å². The topological polar surface area (TPSA) is 58.6 Å². The number of dihydropyridines is 1. The number of nitrogens with one attached hydrogen (secondary N) is 1. The zero-order valence-corrected chi connectivity index (χ0v) is 19.4. The third kappa shape index (κ3) is 4.42. The molecule has 2 aliphatic rings. The molecule has 0 spiro atoms. The van der Waals surface area contributed by atoms with Crippen LogP contribution in [0.3, 0.4) is 0 Å². The maximum atomic E-state index is 13.5. The van der Waals surface area contributed by atoms with Crippen molar-refractivity contribution >= 4 is 17.4 Å². The molecular formula is C27H29FN2O3. The van der Waals surface area contributed by atoms with Crippen LogP contribution in [0.1, 0.15) is 49.7 Å². The Balaban J connectivity index is 1.78. The molecule has 0 aromatic heterocycles. The highest BCUT2D eigenvalue weighted by atomic mass is 19.1. The highest BCUT2D eigenvalue weighted by Crippen LogP contribution is 2.45. The molecule has 0 amide bonds. The van der Waals surface area contributed by atoms with E-state index < -0.39 is 11.9 Å². The predicted octanol–water partition coefficient (Wildman–Crippen LogP) is 4.82. The van der Waals surface area contributed by atoms with Crippen LogP contribution >= 0.6 is 0 Å². The van der Waals surface area contributed by atoms with E-state index in [0.29, 0.717) is 29.7 Å². The molecule has 5 nitrogen and oxygen atoms in total. The number of anilines is 1. The average Bonchev–Trinajstić information content (AvgIpc) is 2.78. The minimum atomic E-state index is -0.488. The highest BCUT2D eigenvalue weighted by molar-refractivity contribution is 6.04. The van der Waals surface area contributed by atoms with E-state index in [2.05, 4.69) is 5.32 Å². The van der Waals surface area contributed by atoms with Gasteiger partial charge in [0.1, 0.15) is 5.82 Å². The van der Waals surface area contributed by atoms with Crippen LogP contribution in [0, 0.1) is 5.82 Å². The summed E-state index contributed by atoms with van der Waals surface area (Å²) in [4.78, 5) is 28.5. The van der Waals surface area contributed by atoms with Crippen molar-refractivity contribution in [3.63, 3.8) is 0 Å². The molecule has 4 rings (SSSR count). The van der Waals surface area contributed by atoms with E-state index in [1.165, 1.54) is 12.1 Å². The van der Waals surface area contributed by atoms with Crippen LogP contribution in [0.5, 0.6) is 0 Å². The number of rotatable bonds is 5. The molecule has 0 unspecified atom stereocenters. The number of halogens is 1. The molecule has 2 aromatic rings. The fourth-order valence-electron chi connectivity index (χ4n) is 4.79. The molecule has 2 atom stereocenters. The molecule has 2 aromatic carbocycles. The molecule has 0 saturated carbocycles. The number of benzene rings is 2. The SMILES string of the molecule is CCOC(=O)C1=C(C)NC2=C(C(=O)C[C@@H](c3ccc(F)cc3)C2)[C@@H]1c1ccc(N(C)C)cc1. The average molecular weight is 449 g/mol. The van der Waals surface area contributed by atoms with E-state index >= 15 is 0 Å². The first-order chi connectivity index (χ1) is 15.8. The normalized spacial score (nSPS) is 20.3. The van der Waals surface area contributed by atoms with Crippen molar-refractivity contribution in [2.75, 3.05) is 25.6 Å². The Labute approximate surface area is 193 Å². The van der Waals surface area contributed by atoms with Gasteiger partial charge in [-0.15, -0.1) is 0 Å². The third-order valence-corrected chi connectivity index (χ3v) is 6.41. The molecule has 172 valence electrons. The largest absolute Gasteiger partial charge is 0.463 e. The molecule has 1 aliphatic carbocycles. The number of esters is 1. The molecule has 1 aliphatic heterocycles. The van der Waals surface area contributed by atoms with E-state index in [4.69, 9.17) is 4.74 Å². The second-order valence-corrected chi connectivity index (χ2v) is 8.78. The van der Waals surface area contributed by atoms with Gasteiger partial charge in [0.15, 0.2) is 5.78 Å². The van der Waals surface area contributed by atoms with Crippen molar-refractivity contribution in [2.45, 2.75) is 38.5 Å². The fraction of sp³-hybridized carbons (Fsp3) is 0.333. The maximum Gasteiger partial charge on any atom is 0.336 e. The van der Waals surface area contributed by atoms with E-state index in [0.717, 1.165) is 22.5 Å². The van der Waals surface area contributed by atoms with Crippen LogP contribution < -0.4 is 10.2 Å². The van der Waals surface area contributed by atoms with Gasteiger partial charge in [0, 0.05) is 49.1 Å². The van der Waals surface area contributed by atoms with Crippen LogP contribution in [0.4, 0.5) is 10.1 Å². The van der Waals surface area contributed by atoms with Crippen molar-refractivity contribution in [3.8, 4) is 0 Å². The van der Waals surface area contributed by atoms with Gasteiger partial charge in [-0.3, -0.25) is 4.79 Å². The first kappa shape index (κ1) is 22.8. The molecule has 1 N–H and O–H groups in total. The van der Waals surface area contributed by atoms with Gasteiger partial charge in [-0.25, -0.2) is 9.18 Å². The summed E-state index contributed by atoms with van der Waals surface area (Å²) < 4.78 is 18.8. The van der Waals surface area contributed by atoms with Gasteiger partial charge in [-0.2, -0.15) is 0 Å². The molecule has 0 fully saturated rings. The zero-order chi connectivity index (χ0) is 23.7. The number of nitrogens with zero attached hydrogens (tertiary/aromatic N) is 1. The van der Waals surface area contributed by atoms with Gasteiger partial charge in [-0.05, 0) is 61.6 Å². The molecular weight excluding hydrogens is 419 g/mol.